The summed E-state index contributed by atoms with van der Waals surface area (Å²) in [6.45, 7) is 4.83. The second kappa shape index (κ2) is 8.47. The highest BCUT2D eigenvalue weighted by atomic mass is 16.5. The van der Waals surface area contributed by atoms with Crippen LogP contribution in [0, 0.1) is 0 Å². The minimum Gasteiger partial charge on any atom is -0.378 e. The third kappa shape index (κ3) is 3.87. The van der Waals surface area contributed by atoms with Crippen LogP contribution in [-0.2, 0) is 11.8 Å². The first-order chi connectivity index (χ1) is 17.1. The molecule has 12 nitrogen and oxygen atoms in total. The van der Waals surface area contributed by atoms with Crippen molar-refractivity contribution in [3.05, 3.63) is 53.1 Å². The molecule has 0 spiro atoms. The van der Waals surface area contributed by atoms with E-state index in [1.807, 2.05) is 20.0 Å². The summed E-state index contributed by atoms with van der Waals surface area (Å²) >= 11 is 0. The Labute approximate surface area is 199 Å². The molecule has 1 atom stereocenters. The first-order valence-electron chi connectivity index (χ1n) is 11.4. The van der Waals surface area contributed by atoms with Gasteiger partial charge >= 0.3 is 0 Å². The molecule has 1 aliphatic heterocycles. The number of aryl methyl sites for hydroxylation is 1. The summed E-state index contributed by atoms with van der Waals surface area (Å²) in [5.41, 5.74) is 3.35. The fourth-order valence-electron chi connectivity index (χ4n) is 4.35. The molecular weight excluding hydrogens is 448 g/mol. The van der Waals surface area contributed by atoms with Crippen molar-refractivity contribution in [3.8, 4) is 11.4 Å². The molecule has 0 aliphatic carbocycles. The van der Waals surface area contributed by atoms with E-state index in [4.69, 9.17) is 9.72 Å². The highest BCUT2D eigenvalue weighted by molar-refractivity contribution is 5.96. The zero-order valence-corrected chi connectivity index (χ0v) is 19.3. The Kier molecular flexibility index (Phi) is 5.14. The van der Waals surface area contributed by atoms with Gasteiger partial charge in [0.2, 0.25) is 0 Å². The molecule has 6 heterocycles. The van der Waals surface area contributed by atoms with Crippen LogP contribution in [0.5, 0.6) is 0 Å². The molecule has 0 radical (unpaired) electrons. The van der Waals surface area contributed by atoms with Gasteiger partial charge in [0.15, 0.2) is 0 Å². The molecule has 6 rings (SSSR count). The third-order valence-electron chi connectivity index (χ3n) is 6.05. The second-order valence-electron chi connectivity index (χ2n) is 8.49. The van der Waals surface area contributed by atoms with Crippen LogP contribution in [0.15, 0.2) is 41.7 Å². The average Bonchev–Trinajstić information content (AvgIpc) is 3.47. The number of aromatic amines is 2. The minimum absolute atomic E-state index is 0.277. The molecule has 178 valence electrons. The Bertz CT molecular complexity index is 1570. The first kappa shape index (κ1) is 21.2. The highest BCUT2D eigenvalue weighted by Gasteiger charge is 2.23. The Balaban J connectivity index is 1.47. The number of rotatable bonds is 5. The van der Waals surface area contributed by atoms with Gasteiger partial charge in [-0.15, -0.1) is 0 Å². The van der Waals surface area contributed by atoms with Crippen molar-refractivity contribution < 1.29 is 4.74 Å². The molecule has 0 amide bonds. The number of hydrogen-bond acceptors (Lipinski definition) is 9. The summed E-state index contributed by atoms with van der Waals surface area (Å²) in [5.74, 6) is 1.87. The Morgan fingerprint density at radius 2 is 1.91 bits per heavy atom. The molecule has 5 aromatic heterocycles. The molecule has 1 saturated heterocycles. The van der Waals surface area contributed by atoms with Crippen LogP contribution in [0.3, 0.4) is 0 Å². The lowest BCUT2D eigenvalue weighted by atomic mass is 10.1. The van der Waals surface area contributed by atoms with E-state index in [2.05, 4.69) is 40.2 Å². The first-order valence-corrected chi connectivity index (χ1v) is 11.4. The van der Waals surface area contributed by atoms with E-state index < -0.39 is 0 Å². The fourth-order valence-corrected chi connectivity index (χ4v) is 4.35. The van der Waals surface area contributed by atoms with E-state index in [9.17, 15) is 4.79 Å². The quantitative estimate of drug-likeness (QED) is 0.350. The number of morpholine rings is 1. The van der Waals surface area contributed by atoms with Crippen molar-refractivity contribution in [1.29, 1.82) is 0 Å². The smallest absolute Gasteiger partial charge is 0.261 e. The van der Waals surface area contributed by atoms with Gasteiger partial charge < -0.3 is 24.9 Å². The molecule has 1 fully saturated rings. The van der Waals surface area contributed by atoms with Crippen molar-refractivity contribution in [1.82, 2.24) is 39.7 Å². The van der Waals surface area contributed by atoms with Gasteiger partial charge in [-0.25, -0.2) is 19.9 Å². The number of imidazole rings is 1. The molecule has 35 heavy (non-hydrogen) atoms. The predicted molar refractivity (Wildman–Crippen MR) is 131 cm³/mol. The molecule has 12 heteroatoms. The Hall–Kier alpha value is -4.32. The number of ether oxygens (including phenoxy) is 1. The summed E-state index contributed by atoms with van der Waals surface area (Å²) in [4.78, 5) is 39.7. The zero-order valence-electron chi connectivity index (χ0n) is 19.3. The molecular formula is C23H24N10O2. The minimum atomic E-state index is -0.283. The van der Waals surface area contributed by atoms with Gasteiger partial charge in [0.1, 0.15) is 28.5 Å². The number of hydrogen-bond donors (Lipinski definition) is 3. The topological polar surface area (TPSA) is 143 Å². The molecule has 3 N–H and O–H groups in total. The standard InChI is InChI=1S/C23H24N10O2/c1-13(21-24-4-3-5-25-21)27-20-18(23(34)30-16-12-32(2)31-19(16)20)22-28-14-10-17(26-11-15(14)29-22)33-6-8-35-9-7-33/h3-5,10-13,27H,6-9H2,1-2H3,(H,28,29)(H,30,34)/t13-/m0/s1. The summed E-state index contributed by atoms with van der Waals surface area (Å²) in [7, 11) is 1.81. The maximum absolute atomic E-state index is 13.3. The summed E-state index contributed by atoms with van der Waals surface area (Å²) in [5, 5.41) is 8.00. The van der Waals surface area contributed by atoms with Crippen molar-refractivity contribution in [2.45, 2.75) is 13.0 Å². The third-order valence-corrected chi connectivity index (χ3v) is 6.05. The van der Waals surface area contributed by atoms with E-state index in [1.165, 1.54) is 0 Å². The SMILES string of the molecule is C[C@H](Nc1c(-c2nc3cc(N4CCOCC4)ncc3[nH]2)c(=O)[nH]c2cn(C)nc12)c1ncccn1. The fraction of sp³-hybridized carbons (Fsp3) is 0.304. The number of pyridine rings is 2. The van der Waals surface area contributed by atoms with Gasteiger partial charge in [0.25, 0.3) is 5.56 Å². The van der Waals surface area contributed by atoms with E-state index in [0.717, 1.165) is 29.9 Å². The number of fused-ring (bicyclic) bond motifs is 2. The maximum Gasteiger partial charge on any atom is 0.261 e. The molecule has 0 unspecified atom stereocenters. The molecule has 1 aliphatic rings. The largest absolute Gasteiger partial charge is 0.378 e. The van der Waals surface area contributed by atoms with E-state index >= 15 is 0 Å². The highest BCUT2D eigenvalue weighted by Crippen LogP contribution is 2.32. The van der Waals surface area contributed by atoms with Gasteiger partial charge in [-0.05, 0) is 13.0 Å². The van der Waals surface area contributed by atoms with Crippen LogP contribution < -0.4 is 15.8 Å². The summed E-state index contributed by atoms with van der Waals surface area (Å²) in [6, 6.07) is 3.42. The lowest BCUT2D eigenvalue weighted by Gasteiger charge is -2.27. The van der Waals surface area contributed by atoms with Crippen molar-refractivity contribution in [3.63, 3.8) is 0 Å². The zero-order chi connectivity index (χ0) is 23.9. The van der Waals surface area contributed by atoms with Crippen molar-refractivity contribution in [2.75, 3.05) is 36.5 Å². The van der Waals surface area contributed by atoms with E-state index in [0.29, 0.717) is 47.1 Å². The normalized spacial score (nSPS) is 15.1. The summed E-state index contributed by atoms with van der Waals surface area (Å²) in [6.07, 6.45) is 6.89. The molecule has 0 bridgehead atoms. The number of H-pyrrole nitrogens is 2. The van der Waals surface area contributed by atoms with Crippen LogP contribution >= 0.6 is 0 Å². The van der Waals surface area contributed by atoms with Crippen LogP contribution in [0.2, 0.25) is 0 Å². The maximum atomic E-state index is 13.3. The lowest BCUT2D eigenvalue weighted by Crippen LogP contribution is -2.36. The van der Waals surface area contributed by atoms with Gasteiger partial charge in [-0.3, -0.25) is 9.48 Å². The Morgan fingerprint density at radius 3 is 2.71 bits per heavy atom. The second-order valence-corrected chi connectivity index (χ2v) is 8.49. The number of nitrogens with zero attached hydrogens (tertiary/aromatic N) is 7. The van der Waals surface area contributed by atoms with E-state index in [1.54, 1.807) is 35.5 Å². The Morgan fingerprint density at radius 1 is 1.11 bits per heavy atom. The van der Waals surface area contributed by atoms with Gasteiger partial charge in [-0.1, -0.05) is 0 Å². The van der Waals surface area contributed by atoms with Crippen LogP contribution in [0.25, 0.3) is 33.5 Å². The van der Waals surface area contributed by atoms with Crippen LogP contribution in [0.1, 0.15) is 18.8 Å². The molecule has 0 aromatic carbocycles. The lowest BCUT2D eigenvalue weighted by molar-refractivity contribution is 0.122. The average molecular weight is 473 g/mol. The predicted octanol–water partition coefficient (Wildman–Crippen LogP) is 2.00. The number of nitrogens with one attached hydrogen (secondary N) is 3. The number of anilines is 2. The monoisotopic (exact) mass is 472 g/mol. The molecule has 5 aromatic rings. The van der Waals surface area contributed by atoms with Gasteiger partial charge in [0, 0.05) is 44.8 Å². The number of aromatic nitrogens is 8. The van der Waals surface area contributed by atoms with E-state index in [-0.39, 0.29) is 11.6 Å². The van der Waals surface area contributed by atoms with Gasteiger partial charge in [-0.2, -0.15) is 5.10 Å². The summed E-state index contributed by atoms with van der Waals surface area (Å²) < 4.78 is 7.11. The van der Waals surface area contributed by atoms with Crippen molar-refractivity contribution >= 4 is 33.6 Å². The van der Waals surface area contributed by atoms with Gasteiger partial charge in [0.05, 0.1) is 47.7 Å². The van der Waals surface area contributed by atoms with Crippen LogP contribution in [-0.4, -0.2) is 66.0 Å². The molecule has 0 saturated carbocycles. The van der Waals surface area contributed by atoms with Crippen molar-refractivity contribution in [2.24, 2.45) is 7.05 Å². The van der Waals surface area contributed by atoms with Crippen LogP contribution in [0.4, 0.5) is 11.5 Å².